The van der Waals surface area contributed by atoms with Crippen LogP contribution < -0.4 is 5.32 Å². The second-order valence-electron chi connectivity index (χ2n) is 6.91. The molecule has 4 heteroatoms. The highest BCUT2D eigenvalue weighted by Gasteiger charge is 2.36. The van der Waals surface area contributed by atoms with E-state index in [-0.39, 0.29) is 6.04 Å². The maximum atomic E-state index is 11.6. The molecule has 21 heavy (non-hydrogen) atoms. The van der Waals surface area contributed by atoms with Crippen LogP contribution in [0.25, 0.3) is 0 Å². The fraction of sp³-hybridized carbons (Fsp3) is 0.941. The number of hydrogen-bond acceptors (Lipinski definition) is 3. The van der Waals surface area contributed by atoms with E-state index >= 15 is 0 Å². The van der Waals surface area contributed by atoms with E-state index in [0.29, 0.717) is 25.6 Å². The minimum Gasteiger partial charge on any atom is -0.480 e. The van der Waals surface area contributed by atoms with Crippen LogP contribution >= 0.6 is 0 Å². The highest BCUT2D eigenvalue weighted by molar-refractivity contribution is 5.78. The van der Waals surface area contributed by atoms with Crippen molar-refractivity contribution in [2.75, 3.05) is 6.61 Å². The van der Waals surface area contributed by atoms with E-state index in [1.807, 2.05) is 20.8 Å². The van der Waals surface area contributed by atoms with Crippen molar-refractivity contribution in [3.05, 3.63) is 0 Å². The van der Waals surface area contributed by atoms with Crippen LogP contribution in [0.5, 0.6) is 0 Å². The van der Waals surface area contributed by atoms with Crippen molar-refractivity contribution in [1.82, 2.24) is 5.32 Å². The Morgan fingerprint density at radius 3 is 2.67 bits per heavy atom. The Labute approximate surface area is 129 Å². The van der Waals surface area contributed by atoms with Gasteiger partial charge in [-0.25, -0.2) is 0 Å². The molecule has 0 aromatic heterocycles. The second-order valence-corrected chi connectivity index (χ2v) is 6.91. The zero-order valence-electron chi connectivity index (χ0n) is 14.2. The predicted molar refractivity (Wildman–Crippen MR) is 85.5 cm³/mol. The van der Waals surface area contributed by atoms with Gasteiger partial charge in [-0.3, -0.25) is 10.1 Å². The van der Waals surface area contributed by atoms with Crippen LogP contribution in [-0.2, 0) is 9.53 Å². The van der Waals surface area contributed by atoms with E-state index < -0.39 is 11.5 Å². The molecule has 0 aromatic carbocycles. The predicted octanol–water partition coefficient (Wildman–Crippen LogP) is 3.59. The van der Waals surface area contributed by atoms with Crippen molar-refractivity contribution >= 4 is 5.97 Å². The molecule has 0 aromatic rings. The molecule has 3 unspecified atom stereocenters. The van der Waals surface area contributed by atoms with E-state index in [9.17, 15) is 9.90 Å². The first-order valence-electron chi connectivity index (χ1n) is 8.52. The van der Waals surface area contributed by atoms with Gasteiger partial charge in [0.15, 0.2) is 0 Å². The molecule has 0 aliphatic heterocycles. The molecule has 1 aliphatic carbocycles. The number of carbonyl (C=O) groups is 1. The van der Waals surface area contributed by atoms with Crippen LogP contribution in [0.4, 0.5) is 0 Å². The summed E-state index contributed by atoms with van der Waals surface area (Å²) in [5.74, 6) is 0.0186. The van der Waals surface area contributed by atoms with Gasteiger partial charge < -0.3 is 9.84 Å². The standard InChI is InChI=1S/C17H33NO3/c1-5-17(16(19)20,18-13(2)3)10-7-11-21-15-9-6-8-14(4)12-15/h13-15,18H,5-12H2,1-4H3,(H,19,20). The van der Waals surface area contributed by atoms with E-state index in [0.717, 1.165) is 25.2 Å². The summed E-state index contributed by atoms with van der Waals surface area (Å²) < 4.78 is 5.96. The third-order valence-corrected chi connectivity index (χ3v) is 4.57. The van der Waals surface area contributed by atoms with Gasteiger partial charge in [0.05, 0.1) is 6.10 Å². The number of ether oxygens (including phenoxy) is 1. The Kier molecular flexibility index (Phi) is 7.67. The minimum absolute atomic E-state index is 0.168. The molecule has 0 spiro atoms. The van der Waals surface area contributed by atoms with E-state index in [4.69, 9.17) is 4.74 Å². The van der Waals surface area contributed by atoms with Crippen LogP contribution in [0.3, 0.4) is 0 Å². The lowest BCUT2D eigenvalue weighted by Gasteiger charge is -2.32. The fourth-order valence-corrected chi connectivity index (χ4v) is 3.38. The molecular formula is C17H33NO3. The highest BCUT2D eigenvalue weighted by atomic mass is 16.5. The second kappa shape index (κ2) is 8.74. The Morgan fingerprint density at radius 2 is 2.14 bits per heavy atom. The molecule has 0 amide bonds. The SMILES string of the molecule is CCC(CCCOC1CCCC(C)C1)(NC(C)C)C(=O)O. The first-order valence-corrected chi connectivity index (χ1v) is 8.52. The molecule has 2 N–H and O–H groups in total. The first-order chi connectivity index (χ1) is 9.89. The Morgan fingerprint density at radius 1 is 1.43 bits per heavy atom. The topological polar surface area (TPSA) is 58.6 Å². The van der Waals surface area contributed by atoms with Gasteiger partial charge >= 0.3 is 5.97 Å². The van der Waals surface area contributed by atoms with Crippen LogP contribution in [-0.4, -0.2) is 35.4 Å². The zero-order chi connectivity index (χ0) is 15.9. The van der Waals surface area contributed by atoms with Crippen molar-refractivity contribution in [2.45, 2.75) is 90.3 Å². The lowest BCUT2D eigenvalue weighted by atomic mass is 9.88. The Bertz CT molecular complexity index is 319. The number of rotatable bonds is 9. The van der Waals surface area contributed by atoms with Crippen molar-refractivity contribution in [2.24, 2.45) is 5.92 Å². The summed E-state index contributed by atoms with van der Waals surface area (Å²) in [6, 6.07) is 0.168. The van der Waals surface area contributed by atoms with Crippen molar-refractivity contribution in [3.63, 3.8) is 0 Å². The molecule has 0 saturated heterocycles. The molecule has 124 valence electrons. The monoisotopic (exact) mass is 299 g/mol. The first kappa shape index (κ1) is 18.4. The van der Waals surface area contributed by atoms with Gasteiger partial charge in [0.2, 0.25) is 0 Å². The van der Waals surface area contributed by atoms with Crippen molar-refractivity contribution in [1.29, 1.82) is 0 Å². The number of carboxylic acids is 1. The number of nitrogens with one attached hydrogen (secondary N) is 1. The van der Waals surface area contributed by atoms with Crippen LogP contribution in [0, 0.1) is 5.92 Å². The van der Waals surface area contributed by atoms with Crippen LogP contribution in [0.2, 0.25) is 0 Å². The largest absolute Gasteiger partial charge is 0.480 e. The molecule has 1 fully saturated rings. The minimum atomic E-state index is -0.808. The lowest BCUT2D eigenvalue weighted by Crippen LogP contribution is -2.54. The highest BCUT2D eigenvalue weighted by Crippen LogP contribution is 2.26. The molecular weight excluding hydrogens is 266 g/mol. The molecule has 1 saturated carbocycles. The maximum Gasteiger partial charge on any atom is 0.323 e. The average Bonchev–Trinajstić information content (AvgIpc) is 2.41. The number of hydrogen-bond donors (Lipinski definition) is 2. The third kappa shape index (κ3) is 5.95. The molecule has 0 radical (unpaired) electrons. The lowest BCUT2D eigenvalue weighted by molar-refractivity contribution is -0.146. The number of carboxylic acid groups (broad SMARTS) is 1. The van der Waals surface area contributed by atoms with Crippen LogP contribution in [0.15, 0.2) is 0 Å². The normalized spacial score (nSPS) is 25.8. The van der Waals surface area contributed by atoms with Crippen molar-refractivity contribution in [3.8, 4) is 0 Å². The molecule has 0 heterocycles. The summed E-state index contributed by atoms with van der Waals surface area (Å²) in [6.45, 7) is 8.88. The van der Waals surface area contributed by atoms with Gasteiger partial charge in [-0.1, -0.05) is 26.7 Å². The zero-order valence-corrected chi connectivity index (χ0v) is 14.2. The van der Waals surface area contributed by atoms with Gasteiger partial charge in [-0.2, -0.15) is 0 Å². The summed E-state index contributed by atoms with van der Waals surface area (Å²) in [7, 11) is 0. The summed E-state index contributed by atoms with van der Waals surface area (Å²) in [5, 5.41) is 12.8. The van der Waals surface area contributed by atoms with Gasteiger partial charge in [-0.15, -0.1) is 0 Å². The summed E-state index contributed by atoms with van der Waals surface area (Å²) in [5.41, 5.74) is -0.808. The van der Waals surface area contributed by atoms with Gasteiger partial charge in [0.25, 0.3) is 0 Å². The van der Waals surface area contributed by atoms with E-state index in [2.05, 4.69) is 12.2 Å². The van der Waals surface area contributed by atoms with E-state index in [1.165, 1.54) is 12.8 Å². The molecule has 0 bridgehead atoms. The molecule has 1 aliphatic rings. The van der Waals surface area contributed by atoms with Gasteiger partial charge in [-0.05, 0) is 51.9 Å². The van der Waals surface area contributed by atoms with Gasteiger partial charge in [0, 0.05) is 12.6 Å². The van der Waals surface area contributed by atoms with E-state index in [1.54, 1.807) is 0 Å². The van der Waals surface area contributed by atoms with Crippen molar-refractivity contribution < 1.29 is 14.6 Å². The van der Waals surface area contributed by atoms with Gasteiger partial charge in [0.1, 0.15) is 5.54 Å². The quantitative estimate of drug-likeness (QED) is 0.639. The fourth-order valence-electron chi connectivity index (χ4n) is 3.38. The van der Waals surface area contributed by atoms with Crippen LogP contribution in [0.1, 0.15) is 72.6 Å². The summed E-state index contributed by atoms with van der Waals surface area (Å²) in [6.07, 6.45) is 7.29. The maximum absolute atomic E-state index is 11.6. The molecule has 1 rings (SSSR count). The summed E-state index contributed by atoms with van der Waals surface area (Å²) in [4.78, 5) is 11.6. The Balaban J connectivity index is 2.37. The molecule has 3 atom stereocenters. The average molecular weight is 299 g/mol. The third-order valence-electron chi connectivity index (χ3n) is 4.57. The molecule has 4 nitrogen and oxygen atoms in total. The number of aliphatic carboxylic acids is 1. The smallest absolute Gasteiger partial charge is 0.323 e. The summed E-state index contributed by atoms with van der Waals surface area (Å²) >= 11 is 0. The Hall–Kier alpha value is -0.610.